The second-order valence-electron chi connectivity index (χ2n) is 24.8. The maximum atomic E-state index is 12.9. The van der Waals surface area contributed by atoms with E-state index in [1.165, 1.54) is 173 Å². The number of carboxylic acid groups (broad SMARTS) is 1. The maximum Gasteiger partial charge on any atom is 0.361 e. The number of unbranched alkanes of at least 4 members (excludes halogenated alkanes) is 34. The van der Waals surface area contributed by atoms with E-state index in [0.717, 1.165) is 103 Å². The van der Waals surface area contributed by atoms with Gasteiger partial charge >= 0.3 is 17.9 Å². The first-order valence-electron chi connectivity index (χ1n) is 35.4. The summed E-state index contributed by atoms with van der Waals surface area (Å²) in [6.45, 7) is 4.76. The van der Waals surface area contributed by atoms with Crippen LogP contribution in [0.4, 0.5) is 0 Å². The largest absolute Gasteiger partial charge is 0.477 e. The number of quaternary nitrogens is 1. The van der Waals surface area contributed by atoms with E-state index >= 15 is 0 Å². The summed E-state index contributed by atoms with van der Waals surface area (Å²) in [5.74, 6) is -2.02. The standard InChI is InChI=1S/C76H133NO8/c1-6-8-10-12-14-16-18-20-22-24-26-28-30-32-33-34-35-36-37-38-39-40-41-43-44-46-48-50-52-54-56-58-60-62-64-66-73(78)83-70-72(71-84-76(75(80)81)82-69-68-77(3,4)5)85-74(79)67-65-63-61-59-57-55-53-51-49-47-45-42-31-29-27-25-23-21-19-17-15-13-11-9-7-2/h9,11,15,17-18,20-21,23-24,26-27,29,42,45,49,51,72,76H,6-8,10,12-14,16,19,22,25,28,30-41,43-44,46-48,50,52-71H2,1-5H3/p+1/b11-9-,17-15-,20-18-,23-21-,26-24-,29-27-,45-42-,51-49-. The van der Waals surface area contributed by atoms with E-state index in [9.17, 15) is 19.5 Å². The van der Waals surface area contributed by atoms with E-state index in [1.54, 1.807) is 0 Å². The zero-order chi connectivity index (χ0) is 61.9. The highest BCUT2D eigenvalue weighted by Crippen LogP contribution is 2.18. The summed E-state index contributed by atoms with van der Waals surface area (Å²) in [4.78, 5) is 37.6. The molecule has 0 rings (SSSR count). The van der Waals surface area contributed by atoms with Crippen molar-refractivity contribution in [1.29, 1.82) is 0 Å². The molecule has 2 atom stereocenters. The molecule has 0 aromatic heterocycles. The van der Waals surface area contributed by atoms with Gasteiger partial charge in [-0.1, -0.05) is 297 Å². The molecule has 9 heteroatoms. The molecule has 0 saturated heterocycles. The number of likely N-dealkylation sites (N-methyl/N-ethyl adjacent to an activating group) is 1. The lowest BCUT2D eigenvalue weighted by Gasteiger charge is -2.25. The number of allylic oxidation sites excluding steroid dienone is 16. The van der Waals surface area contributed by atoms with Gasteiger partial charge in [0.2, 0.25) is 0 Å². The summed E-state index contributed by atoms with van der Waals surface area (Å²) in [5.41, 5.74) is 0. The smallest absolute Gasteiger partial charge is 0.361 e. The fourth-order valence-corrected chi connectivity index (χ4v) is 9.93. The van der Waals surface area contributed by atoms with Crippen LogP contribution in [0, 0.1) is 0 Å². The van der Waals surface area contributed by atoms with Crippen molar-refractivity contribution in [1.82, 2.24) is 0 Å². The van der Waals surface area contributed by atoms with Crippen molar-refractivity contribution in [3.63, 3.8) is 0 Å². The number of hydrogen-bond acceptors (Lipinski definition) is 7. The van der Waals surface area contributed by atoms with E-state index in [0.29, 0.717) is 23.9 Å². The first-order chi connectivity index (χ1) is 41.6. The molecule has 2 unspecified atom stereocenters. The van der Waals surface area contributed by atoms with Crippen LogP contribution in [-0.4, -0.2) is 87.4 Å². The third kappa shape index (κ3) is 67.6. The van der Waals surface area contributed by atoms with Gasteiger partial charge in [0.05, 0.1) is 34.4 Å². The Morgan fingerprint density at radius 3 is 1.00 bits per heavy atom. The second-order valence-corrected chi connectivity index (χ2v) is 24.8. The lowest BCUT2D eigenvalue weighted by atomic mass is 10.0. The number of carbonyl (C=O) groups excluding carboxylic acids is 2. The van der Waals surface area contributed by atoms with E-state index < -0.39 is 24.3 Å². The normalized spacial score (nSPS) is 13.3. The van der Waals surface area contributed by atoms with Gasteiger partial charge < -0.3 is 28.5 Å². The Bertz CT molecular complexity index is 1720. The molecule has 0 aromatic carbocycles. The Morgan fingerprint density at radius 2 is 0.671 bits per heavy atom. The zero-order valence-electron chi connectivity index (χ0n) is 56.0. The summed E-state index contributed by atoms with van der Waals surface area (Å²) in [5, 5.41) is 9.74. The van der Waals surface area contributed by atoms with Gasteiger partial charge in [-0.25, -0.2) is 4.79 Å². The zero-order valence-corrected chi connectivity index (χ0v) is 56.0. The molecule has 1 N–H and O–H groups in total. The maximum absolute atomic E-state index is 12.9. The molecule has 0 aliphatic rings. The van der Waals surface area contributed by atoms with E-state index in [-0.39, 0.29) is 32.2 Å². The first kappa shape index (κ1) is 81.2. The quantitative estimate of drug-likeness (QED) is 0.0211. The molecule has 0 aliphatic heterocycles. The van der Waals surface area contributed by atoms with Crippen molar-refractivity contribution in [3.05, 3.63) is 97.2 Å². The SMILES string of the molecule is CC/C=C\C/C=C\C/C=C\C/C=C\C/C=C\C/C=C\CCCCCCCCC(=O)OC(COC(=O)CCCCCCCCCCCCCCCCCCCCCCCCC/C=C\C/C=C\CCCCCCC)COC(OCC[N+](C)(C)C)C(=O)O. The van der Waals surface area contributed by atoms with Crippen molar-refractivity contribution in [2.24, 2.45) is 0 Å². The van der Waals surface area contributed by atoms with Crippen LogP contribution < -0.4 is 0 Å². The van der Waals surface area contributed by atoms with Crippen LogP contribution in [0.2, 0.25) is 0 Å². The van der Waals surface area contributed by atoms with Crippen molar-refractivity contribution in [2.45, 2.75) is 322 Å². The number of ether oxygens (including phenoxy) is 4. The van der Waals surface area contributed by atoms with Crippen LogP contribution >= 0.6 is 0 Å². The molecule has 0 heterocycles. The lowest BCUT2D eigenvalue weighted by molar-refractivity contribution is -0.870. The first-order valence-corrected chi connectivity index (χ1v) is 35.4. The van der Waals surface area contributed by atoms with Crippen LogP contribution in [0.15, 0.2) is 97.2 Å². The van der Waals surface area contributed by atoms with Gasteiger partial charge in [0.25, 0.3) is 6.29 Å². The topological polar surface area (TPSA) is 108 Å². The monoisotopic (exact) mass is 1190 g/mol. The highest BCUT2D eigenvalue weighted by molar-refractivity contribution is 5.71. The predicted octanol–water partition coefficient (Wildman–Crippen LogP) is 22.0. The molecular weight excluding hydrogens is 1050 g/mol. The number of rotatable bonds is 65. The average molecular weight is 1190 g/mol. The molecule has 0 aromatic rings. The second kappa shape index (κ2) is 66.2. The summed E-state index contributed by atoms with van der Waals surface area (Å²) in [7, 11) is 5.97. The minimum atomic E-state index is -1.52. The summed E-state index contributed by atoms with van der Waals surface area (Å²) < 4.78 is 23.0. The van der Waals surface area contributed by atoms with E-state index in [4.69, 9.17) is 18.9 Å². The van der Waals surface area contributed by atoms with Gasteiger partial charge in [0.1, 0.15) is 13.2 Å². The number of aliphatic carboxylic acids is 1. The van der Waals surface area contributed by atoms with Crippen molar-refractivity contribution in [3.8, 4) is 0 Å². The van der Waals surface area contributed by atoms with E-state index in [2.05, 4.69) is 111 Å². The lowest BCUT2D eigenvalue weighted by Crippen LogP contribution is -2.40. The Hall–Kier alpha value is -3.79. The third-order valence-electron chi connectivity index (χ3n) is 15.3. The average Bonchev–Trinajstić information content (AvgIpc) is 3.49. The molecule has 9 nitrogen and oxygen atoms in total. The van der Waals surface area contributed by atoms with Crippen LogP contribution in [0.1, 0.15) is 309 Å². The molecule has 0 aliphatic carbocycles. The van der Waals surface area contributed by atoms with Gasteiger partial charge in [-0.15, -0.1) is 0 Å². The molecule has 85 heavy (non-hydrogen) atoms. The van der Waals surface area contributed by atoms with Gasteiger partial charge in [0.15, 0.2) is 6.10 Å². The van der Waals surface area contributed by atoms with Gasteiger partial charge in [-0.05, 0) is 96.3 Å². The van der Waals surface area contributed by atoms with Gasteiger partial charge in [-0.2, -0.15) is 0 Å². The number of carbonyl (C=O) groups is 3. The molecule has 0 saturated carbocycles. The summed E-state index contributed by atoms with van der Waals surface area (Å²) in [6.07, 6.45) is 88.1. The molecule has 490 valence electrons. The predicted molar refractivity (Wildman–Crippen MR) is 364 cm³/mol. The number of hydrogen-bond donors (Lipinski definition) is 1. The molecule has 0 spiro atoms. The Balaban J connectivity index is 4.09. The number of nitrogens with zero attached hydrogens (tertiary/aromatic N) is 1. The molecular formula is C76H134NO8+. The van der Waals surface area contributed by atoms with Crippen molar-refractivity contribution < 1.29 is 42.9 Å². The van der Waals surface area contributed by atoms with Crippen molar-refractivity contribution in [2.75, 3.05) is 47.5 Å². The molecule has 0 fully saturated rings. The minimum Gasteiger partial charge on any atom is -0.477 e. The molecule has 0 bridgehead atoms. The Labute approximate surface area is 524 Å². The van der Waals surface area contributed by atoms with Crippen LogP contribution in [0.5, 0.6) is 0 Å². The Morgan fingerprint density at radius 1 is 0.365 bits per heavy atom. The summed E-state index contributed by atoms with van der Waals surface area (Å²) >= 11 is 0. The van der Waals surface area contributed by atoms with E-state index in [1.807, 2.05) is 21.1 Å². The number of esters is 2. The van der Waals surface area contributed by atoms with Gasteiger partial charge in [-0.3, -0.25) is 9.59 Å². The molecule has 0 radical (unpaired) electrons. The third-order valence-corrected chi connectivity index (χ3v) is 15.3. The molecule has 0 amide bonds. The summed E-state index contributed by atoms with van der Waals surface area (Å²) in [6, 6.07) is 0. The number of carboxylic acids is 1. The minimum absolute atomic E-state index is 0.181. The van der Waals surface area contributed by atoms with Crippen LogP contribution in [-0.2, 0) is 33.3 Å². The van der Waals surface area contributed by atoms with Gasteiger partial charge in [0, 0.05) is 12.8 Å². The van der Waals surface area contributed by atoms with Crippen LogP contribution in [0.25, 0.3) is 0 Å². The fraction of sp³-hybridized carbons (Fsp3) is 0.750. The highest BCUT2D eigenvalue weighted by atomic mass is 16.7. The van der Waals surface area contributed by atoms with Crippen LogP contribution in [0.3, 0.4) is 0 Å². The fourth-order valence-electron chi connectivity index (χ4n) is 9.93. The Kier molecular flexibility index (Phi) is 63.2. The van der Waals surface area contributed by atoms with Crippen molar-refractivity contribution >= 4 is 17.9 Å². The highest BCUT2D eigenvalue weighted by Gasteiger charge is 2.25.